The number of aromatic nitrogens is 1. The third-order valence-electron chi connectivity index (χ3n) is 3.95. The monoisotopic (exact) mass is 338 g/mol. The van der Waals surface area contributed by atoms with Crippen LogP contribution >= 0.6 is 0 Å². The third kappa shape index (κ3) is 3.94. The number of halogens is 1. The highest BCUT2D eigenvalue weighted by Crippen LogP contribution is 2.19. The van der Waals surface area contributed by atoms with Crippen molar-refractivity contribution in [2.75, 3.05) is 6.54 Å². The number of oxazole rings is 1. The number of carbonyl (C=O) groups excluding carboxylic acids is 1. The minimum atomic E-state index is -0.483. The fourth-order valence-electron chi connectivity index (χ4n) is 2.47. The number of rotatable bonds is 5. The van der Waals surface area contributed by atoms with Crippen molar-refractivity contribution in [1.29, 1.82) is 0 Å². The Kier molecular flexibility index (Phi) is 4.93. The minimum absolute atomic E-state index is 0.0560. The molecule has 0 unspecified atom stereocenters. The van der Waals surface area contributed by atoms with Crippen molar-refractivity contribution in [2.24, 2.45) is 0 Å². The van der Waals surface area contributed by atoms with Crippen molar-refractivity contribution in [3.05, 3.63) is 76.9 Å². The lowest BCUT2D eigenvalue weighted by molar-refractivity contribution is 0.0950. The van der Waals surface area contributed by atoms with Gasteiger partial charge in [0.2, 0.25) is 5.89 Å². The zero-order valence-electron chi connectivity index (χ0n) is 14.2. The van der Waals surface area contributed by atoms with E-state index in [9.17, 15) is 9.18 Å². The molecule has 3 rings (SSSR count). The summed E-state index contributed by atoms with van der Waals surface area (Å²) in [5.41, 5.74) is 3.32. The van der Waals surface area contributed by atoms with Gasteiger partial charge in [-0.1, -0.05) is 29.8 Å². The minimum Gasteiger partial charge on any atom is -0.444 e. The van der Waals surface area contributed by atoms with Crippen molar-refractivity contribution in [1.82, 2.24) is 10.3 Å². The van der Waals surface area contributed by atoms with Crippen LogP contribution in [0.25, 0.3) is 11.5 Å². The van der Waals surface area contributed by atoms with E-state index in [2.05, 4.69) is 10.3 Å². The van der Waals surface area contributed by atoms with Crippen molar-refractivity contribution in [2.45, 2.75) is 20.3 Å². The first kappa shape index (κ1) is 16.9. The Labute approximate surface area is 145 Å². The average molecular weight is 338 g/mol. The van der Waals surface area contributed by atoms with E-state index >= 15 is 0 Å². The second-order valence-corrected chi connectivity index (χ2v) is 5.95. The molecule has 0 spiro atoms. The summed E-state index contributed by atoms with van der Waals surface area (Å²) in [6.45, 7) is 4.00. The third-order valence-corrected chi connectivity index (χ3v) is 3.95. The SMILES string of the molecule is Cc1ccc(-c2nc(CCNC(=O)c3cccc(C)c3F)co2)cc1. The maximum atomic E-state index is 13.9. The molecule has 4 nitrogen and oxygen atoms in total. The quantitative estimate of drug-likeness (QED) is 0.763. The van der Waals surface area contributed by atoms with Crippen LogP contribution in [0.4, 0.5) is 4.39 Å². The molecular formula is C20H19FN2O2. The van der Waals surface area contributed by atoms with Crippen LogP contribution in [0.2, 0.25) is 0 Å². The van der Waals surface area contributed by atoms with Gasteiger partial charge in [0, 0.05) is 18.5 Å². The second-order valence-electron chi connectivity index (χ2n) is 5.95. The molecule has 25 heavy (non-hydrogen) atoms. The van der Waals surface area contributed by atoms with Gasteiger partial charge < -0.3 is 9.73 Å². The molecule has 0 aliphatic carbocycles. The zero-order chi connectivity index (χ0) is 17.8. The van der Waals surface area contributed by atoms with Gasteiger partial charge in [0.15, 0.2) is 0 Å². The van der Waals surface area contributed by atoms with Gasteiger partial charge in [0.25, 0.3) is 5.91 Å². The highest BCUT2D eigenvalue weighted by atomic mass is 19.1. The highest BCUT2D eigenvalue weighted by molar-refractivity contribution is 5.94. The molecule has 0 atom stereocenters. The summed E-state index contributed by atoms with van der Waals surface area (Å²) < 4.78 is 19.4. The van der Waals surface area contributed by atoms with Gasteiger partial charge in [-0.25, -0.2) is 9.37 Å². The maximum absolute atomic E-state index is 13.9. The molecule has 3 aromatic rings. The molecule has 1 N–H and O–H groups in total. The fraction of sp³-hybridized carbons (Fsp3) is 0.200. The standard InChI is InChI=1S/C20H19FN2O2/c1-13-6-8-15(9-7-13)20-23-16(12-25-20)10-11-22-19(24)17-5-3-4-14(2)18(17)21/h3-9,12H,10-11H2,1-2H3,(H,22,24). The van der Waals surface area contributed by atoms with E-state index in [0.29, 0.717) is 24.4 Å². The summed E-state index contributed by atoms with van der Waals surface area (Å²) in [6, 6.07) is 12.7. The Bertz CT molecular complexity index is 885. The van der Waals surface area contributed by atoms with Gasteiger partial charge in [0.1, 0.15) is 12.1 Å². The van der Waals surface area contributed by atoms with Crippen LogP contribution in [0.15, 0.2) is 53.1 Å². The number of carbonyl (C=O) groups is 1. The first-order chi connectivity index (χ1) is 12.0. The first-order valence-corrected chi connectivity index (χ1v) is 8.09. The molecule has 0 bridgehead atoms. The van der Waals surface area contributed by atoms with Crippen LogP contribution in [0, 0.1) is 19.7 Å². The Morgan fingerprint density at radius 2 is 1.92 bits per heavy atom. The molecule has 0 saturated heterocycles. The van der Waals surface area contributed by atoms with Crippen LogP contribution in [0.5, 0.6) is 0 Å². The highest BCUT2D eigenvalue weighted by Gasteiger charge is 2.13. The van der Waals surface area contributed by atoms with Crippen LogP contribution in [-0.2, 0) is 6.42 Å². The van der Waals surface area contributed by atoms with Crippen molar-refractivity contribution >= 4 is 5.91 Å². The van der Waals surface area contributed by atoms with E-state index in [1.807, 2.05) is 31.2 Å². The number of nitrogens with one attached hydrogen (secondary N) is 1. The lowest BCUT2D eigenvalue weighted by Crippen LogP contribution is -2.26. The maximum Gasteiger partial charge on any atom is 0.254 e. The van der Waals surface area contributed by atoms with Crippen LogP contribution in [0.3, 0.4) is 0 Å². The lowest BCUT2D eigenvalue weighted by Gasteiger charge is -2.06. The number of hydrogen-bond donors (Lipinski definition) is 1. The predicted molar refractivity (Wildman–Crippen MR) is 93.9 cm³/mol. The van der Waals surface area contributed by atoms with Gasteiger partial charge >= 0.3 is 0 Å². The molecule has 0 radical (unpaired) electrons. The van der Waals surface area contributed by atoms with Gasteiger partial charge in [-0.15, -0.1) is 0 Å². The fourth-order valence-corrected chi connectivity index (χ4v) is 2.47. The molecule has 0 aliphatic heterocycles. The summed E-state index contributed by atoms with van der Waals surface area (Å²) in [6.07, 6.45) is 2.09. The van der Waals surface area contributed by atoms with Gasteiger partial charge in [-0.3, -0.25) is 4.79 Å². The number of nitrogens with zero attached hydrogens (tertiary/aromatic N) is 1. The Morgan fingerprint density at radius 1 is 1.16 bits per heavy atom. The molecule has 0 aliphatic rings. The van der Waals surface area contributed by atoms with E-state index < -0.39 is 11.7 Å². The topological polar surface area (TPSA) is 55.1 Å². The van der Waals surface area contributed by atoms with Crippen LogP contribution < -0.4 is 5.32 Å². The van der Waals surface area contributed by atoms with Crippen molar-refractivity contribution in [3.8, 4) is 11.5 Å². The summed E-state index contributed by atoms with van der Waals surface area (Å²) in [5.74, 6) is -0.363. The van der Waals surface area contributed by atoms with Gasteiger partial charge in [-0.05, 0) is 37.6 Å². The molecule has 1 aromatic heterocycles. The summed E-state index contributed by atoms with van der Waals surface area (Å²) in [5, 5.41) is 2.71. The van der Waals surface area contributed by atoms with E-state index in [1.54, 1.807) is 25.3 Å². The molecule has 0 fully saturated rings. The number of amides is 1. The molecule has 1 heterocycles. The van der Waals surface area contributed by atoms with E-state index in [1.165, 1.54) is 11.6 Å². The molecule has 128 valence electrons. The first-order valence-electron chi connectivity index (χ1n) is 8.09. The Morgan fingerprint density at radius 3 is 2.68 bits per heavy atom. The lowest BCUT2D eigenvalue weighted by atomic mass is 10.1. The van der Waals surface area contributed by atoms with Crippen LogP contribution in [0.1, 0.15) is 27.2 Å². The van der Waals surface area contributed by atoms with Crippen molar-refractivity contribution < 1.29 is 13.6 Å². The van der Waals surface area contributed by atoms with Crippen molar-refractivity contribution in [3.63, 3.8) is 0 Å². The molecule has 1 amide bonds. The number of benzene rings is 2. The number of aryl methyl sites for hydroxylation is 2. The zero-order valence-corrected chi connectivity index (χ0v) is 14.2. The van der Waals surface area contributed by atoms with E-state index in [0.717, 1.165) is 11.3 Å². The van der Waals surface area contributed by atoms with E-state index in [-0.39, 0.29) is 5.56 Å². The predicted octanol–water partition coefficient (Wildman–Crippen LogP) is 4.07. The smallest absolute Gasteiger partial charge is 0.254 e. The van der Waals surface area contributed by atoms with Crippen LogP contribution in [-0.4, -0.2) is 17.4 Å². The van der Waals surface area contributed by atoms with Gasteiger partial charge in [0.05, 0.1) is 11.3 Å². The molecule has 0 saturated carbocycles. The second kappa shape index (κ2) is 7.30. The van der Waals surface area contributed by atoms with Gasteiger partial charge in [-0.2, -0.15) is 0 Å². The average Bonchev–Trinajstić information content (AvgIpc) is 3.07. The molecule has 2 aromatic carbocycles. The largest absolute Gasteiger partial charge is 0.444 e. The summed E-state index contributed by atoms with van der Waals surface area (Å²) in [7, 11) is 0. The Hall–Kier alpha value is -2.95. The normalized spacial score (nSPS) is 10.7. The van der Waals surface area contributed by atoms with E-state index in [4.69, 9.17) is 4.42 Å². The number of hydrogen-bond acceptors (Lipinski definition) is 3. The molecular weight excluding hydrogens is 319 g/mol. The summed E-state index contributed by atoms with van der Waals surface area (Å²) >= 11 is 0. The Balaban J connectivity index is 1.58. The summed E-state index contributed by atoms with van der Waals surface area (Å²) in [4.78, 5) is 16.5. The molecule has 5 heteroatoms.